The lowest BCUT2D eigenvalue weighted by atomic mass is 10.1. The van der Waals surface area contributed by atoms with Crippen molar-refractivity contribution in [3.05, 3.63) is 11.9 Å². The van der Waals surface area contributed by atoms with Crippen LogP contribution in [-0.4, -0.2) is 15.0 Å². The van der Waals surface area contributed by atoms with Gasteiger partial charge in [0.2, 0.25) is 0 Å². The van der Waals surface area contributed by atoms with Crippen molar-refractivity contribution in [3.8, 4) is 0 Å². The van der Waals surface area contributed by atoms with Gasteiger partial charge in [0.1, 0.15) is 0 Å². The molecule has 3 heteroatoms. The minimum Gasteiger partial charge on any atom is -0.252 e. The summed E-state index contributed by atoms with van der Waals surface area (Å²) in [4.78, 5) is 0. The second-order valence-corrected chi connectivity index (χ2v) is 4.26. The van der Waals surface area contributed by atoms with E-state index in [4.69, 9.17) is 0 Å². The Morgan fingerprint density at radius 2 is 2.21 bits per heavy atom. The van der Waals surface area contributed by atoms with Crippen LogP contribution in [-0.2, 0) is 13.0 Å². The number of hydrogen-bond acceptors (Lipinski definition) is 2. The Bertz CT molecular complexity index is 253. The smallest absolute Gasteiger partial charge is 0.0827 e. The van der Waals surface area contributed by atoms with Crippen LogP contribution in [0.4, 0.5) is 0 Å². The molecule has 0 fully saturated rings. The minimum absolute atomic E-state index is 0.786. The van der Waals surface area contributed by atoms with Crippen LogP contribution in [0, 0.1) is 5.92 Å². The van der Waals surface area contributed by atoms with Gasteiger partial charge in [0.25, 0.3) is 0 Å². The zero-order chi connectivity index (χ0) is 10.4. The van der Waals surface area contributed by atoms with Crippen LogP contribution in [0.3, 0.4) is 0 Å². The predicted octanol–water partition coefficient (Wildman–Crippen LogP) is 2.67. The maximum atomic E-state index is 4.12. The summed E-state index contributed by atoms with van der Waals surface area (Å²) in [5.74, 6) is 0.786. The number of hydrogen-bond donors (Lipinski definition) is 0. The molecule has 0 aromatic carbocycles. The number of aryl methyl sites for hydroxylation is 2. The van der Waals surface area contributed by atoms with Gasteiger partial charge in [-0.05, 0) is 25.2 Å². The number of rotatable bonds is 6. The summed E-state index contributed by atoms with van der Waals surface area (Å²) in [5, 5.41) is 8.21. The Kier molecular flexibility index (Phi) is 4.63. The zero-order valence-electron chi connectivity index (χ0n) is 9.53. The first-order valence-electron chi connectivity index (χ1n) is 5.61. The molecule has 80 valence electrons. The Labute approximate surface area is 86.5 Å². The van der Waals surface area contributed by atoms with Gasteiger partial charge in [-0.2, -0.15) is 0 Å². The van der Waals surface area contributed by atoms with Crippen molar-refractivity contribution in [2.45, 2.75) is 53.0 Å². The lowest BCUT2D eigenvalue weighted by Gasteiger charge is -2.03. The van der Waals surface area contributed by atoms with Crippen molar-refractivity contribution < 1.29 is 0 Å². The molecule has 0 N–H and O–H groups in total. The van der Waals surface area contributed by atoms with E-state index in [-0.39, 0.29) is 0 Å². The Balaban J connectivity index is 2.28. The summed E-state index contributed by atoms with van der Waals surface area (Å²) in [6.45, 7) is 7.68. The highest BCUT2D eigenvalue weighted by atomic mass is 15.4. The number of aromatic nitrogens is 3. The van der Waals surface area contributed by atoms with Crippen LogP contribution in [0.5, 0.6) is 0 Å². The molecule has 0 bridgehead atoms. The average Bonchev–Trinajstić information content (AvgIpc) is 2.53. The quantitative estimate of drug-likeness (QED) is 0.698. The number of nitrogens with zero attached hydrogens (tertiary/aromatic N) is 3. The van der Waals surface area contributed by atoms with Crippen LogP contribution in [0.15, 0.2) is 6.20 Å². The summed E-state index contributed by atoms with van der Waals surface area (Å²) in [6.07, 6.45) is 6.73. The largest absolute Gasteiger partial charge is 0.252 e. The lowest BCUT2D eigenvalue weighted by molar-refractivity contribution is 0.482. The van der Waals surface area contributed by atoms with Crippen LogP contribution in [0.2, 0.25) is 0 Å². The third kappa shape index (κ3) is 3.90. The molecular weight excluding hydrogens is 174 g/mol. The zero-order valence-corrected chi connectivity index (χ0v) is 9.53. The standard InChI is InChI=1S/C11H21N3/c1-4-6-11-9-14(13-12-11)8-5-7-10(2)3/h9-10H,4-8H2,1-3H3. The highest BCUT2D eigenvalue weighted by Gasteiger charge is 2.00. The molecular formula is C11H21N3. The highest BCUT2D eigenvalue weighted by Crippen LogP contribution is 2.05. The Morgan fingerprint density at radius 3 is 2.86 bits per heavy atom. The van der Waals surface area contributed by atoms with Crippen molar-refractivity contribution in [3.63, 3.8) is 0 Å². The molecule has 1 aromatic heterocycles. The van der Waals surface area contributed by atoms with Gasteiger partial charge in [0, 0.05) is 12.7 Å². The fourth-order valence-electron chi connectivity index (χ4n) is 1.48. The van der Waals surface area contributed by atoms with Crippen LogP contribution < -0.4 is 0 Å². The summed E-state index contributed by atoms with van der Waals surface area (Å²) in [6, 6.07) is 0. The molecule has 0 aliphatic heterocycles. The van der Waals surface area contributed by atoms with E-state index in [1.807, 2.05) is 4.68 Å². The van der Waals surface area contributed by atoms with E-state index in [9.17, 15) is 0 Å². The van der Waals surface area contributed by atoms with Gasteiger partial charge in [0.15, 0.2) is 0 Å². The van der Waals surface area contributed by atoms with Gasteiger partial charge in [-0.25, -0.2) is 0 Å². The summed E-state index contributed by atoms with van der Waals surface area (Å²) in [7, 11) is 0. The van der Waals surface area contributed by atoms with E-state index in [2.05, 4.69) is 37.3 Å². The molecule has 0 aliphatic rings. The fourth-order valence-corrected chi connectivity index (χ4v) is 1.48. The van der Waals surface area contributed by atoms with Crippen LogP contribution in [0.1, 0.15) is 45.7 Å². The topological polar surface area (TPSA) is 30.7 Å². The molecule has 0 atom stereocenters. The third-order valence-corrected chi connectivity index (χ3v) is 2.26. The van der Waals surface area contributed by atoms with Crippen molar-refractivity contribution >= 4 is 0 Å². The maximum absolute atomic E-state index is 4.12. The van der Waals surface area contributed by atoms with Crippen LogP contribution >= 0.6 is 0 Å². The minimum atomic E-state index is 0.786. The van der Waals surface area contributed by atoms with Gasteiger partial charge in [-0.15, -0.1) is 5.10 Å². The maximum Gasteiger partial charge on any atom is 0.0827 e. The summed E-state index contributed by atoms with van der Waals surface area (Å²) in [5.41, 5.74) is 1.12. The average molecular weight is 195 g/mol. The van der Waals surface area contributed by atoms with Gasteiger partial charge in [0.05, 0.1) is 5.69 Å². The molecule has 0 spiro atoms. The molecule has 1 heterocycles. The molecule has 0 unspecified atom stereocenters. The molecule has 0 aliphatic carbocycles. The third-order valence-electron chi connectivity index (χ3n) is 2.26. The van der Waals surface area contributed by atoms with Crippen LogP contribution in [0.25, 0.3) is 0 Å². The second-order valence-electron chi connectivity index (χ2n) is 4.26. The first-order chi connectivity index (χ1) is 6.72. The van der Waals surface area contributed by atoms with E-state index >= 15 is 0 Å². The molecule has 0 saturated heterocycles. The van der Waals surface area contributed by atoms with Gasteiger partial charge >= 0.3 is 0 Å². The summed E-state index contributed by atoms with van der Waals surface area (Å²) < 4.78 is 1.97. The second kappa shape index (κ2) is 5.78. The monoisotopic (exact) mass is 195 g/mol. The lowest BCUT2D eigenvalue weighted by Crippen LogP contribution is -2.00. The van der Waals surface area contributed by atoms with Gasteiger partial charge in [-0.3, -0.25) is 4.68 Å². The van der Waals surface area contributed by atoms with Gasteiger partial charge in [-0.1, -0.05) is 32.4 Å². The first-order valence-corrected chi connectivity index (χ1v) is 5.61. The molecule has 0 amide bonds. The van der Waals surface area contributed by atoms with E-state index in [0.717, 1.165) is 31.0 Å². The molecule has 3 nitrogen and oxygen atoms in total. The molecule has 0 saturated carbocycles. The predicted molar refractivity (Wildman–Crippen MR) is 58.1 cm³/mol. The van der Waals surface area contributed by atoms with Gasteiger partial charge < -0.3 is 0 Å². The molecule has 0 radical (unpaired) electrons. The normalized spacial score (nSPS) is 11.1. The summed E-state index contributed by atoms with van der Waals surface area (Å²) >= 11 is 0. The molecule has 14 heavy (non-hydrogen) atoms. The Hall–Kier alpha value is -0.860. The van der Waals surface area contributed by atoms with Crippen molar-refractivity contribution in [1.29, 1.82) is 0 Å². The van der Waals surface area contributed by atoms with Crippen molar-refractivity contribution in [2.24, 2.45) is 5.92 Å². The van der Waals surface area contributed by atoms with Crippen molar-refractivity contribution in [1.82, 2.24) is 15.0 Å². The molecule has 1 aromatic rings. The van der Waals surface area contributed by atoms with E-state index < -0.39 is 0 Å². The first kappa shape index (κ1) is 11.2. The van der Waals surface area contributed by atoms with E-state index in [0.29, 0.717) is 0 Å². The fraction of sp³-hybridized carbons (Fsp3) is 0.818. The highest BCUT2D eigenvalue weighted by molar-refractivity contribution is 4.91. The molecule has 1 rings (SSSR count). The van der Waals surface area contributed by atoms with E-state index in [1.54, 1.807) is 0 Å². The Morgan fingerprint density at radius 1 is 1.43 bits per heavy atom. The SMILES string of the molecule is CCCc1cn(CCCC(C)C)nn1. The van der Waals surface area contributed by atoms with Crippen molar-refractivity contribution in [2.75, 3.05) is 0 Å². The van der Waals surface area contributed by atoms with E-state index in [1.165, 1.54) is 12.8 Å².